The molecular weight excluding hydrogens is 830 g/mol. The fourth-order valence-corrected chi connectivity index (χ4v) is 14.5. The van der Waals surface area contributed by atoms with Crippen LogP contribution in [0.25, 0.3) is 82.5 Å². The van der Waals surface area contributed by atoms with E-state index < -0.39 is 0 Å². The molecule has 10 aromatic carbocycles. The van der Waals surface area contributed by atoms with Gasteiger partial charge in [-0.2, -0.15) is 0 Å². The number of nitrogens with zero attached hydrogens (tertiary/aromatic N) is 4. The van der Waals surface area contributed by atoms with Gasteiger partial charge in [0, 0.05) is 87.3 Å². The van der Waals surface area contributed by atoms with Crippen molar-refractivity contribution in [2.75, 3.05) is 4.90 Å². The lowest BCUT2D eigenvalue weighted by atomic mass is 9.34. The van der Waals surface area contributed by atoms with Crippen LogP contribution in [0.2, 0.25) is 0 Å². The molecule has 4 nitrogen and oxygen atoms in total. The minimum absolute atomic E-state index is 0.0501. The third-order valence-corrected chi connectivity index (χ3v) is 16.8. The molecule has 306 valence electrons. The largest absolute Gasteiger partial charge is 0.311 e. The Bertz CT molecular complexity index is 4390. The number of hydrogen-bond acceptors (Lipinski definition) is 2. The van der Waals surface area contributed by atoms with Gasteiger partial charge < -0.3 is 18.6 Å². The summed E-state index contributed by atoms with van der Waals surface area (Å²) in [6.45, 7) is 0.178. The molecule has 0 amide bonds. The van der Waals surface area contributed by atoms with Crippen LogP contribution < -0.4 is 37.7 Å². The van der Waals surface area contributed by atoms with Gasteiger partial charge in [0.25, 0.3) is 6.71 Å². The average Bonchev–Trinajstić information content (AvgIpc) is 4.04. The van der Waals surface area contributed by atoms with Crippen molar-refractivity contribution < 1.29 is 0 Å². The van der Waals surface area contributed by atoms with Crippen LogP contribution in [0.5, 0.6) is 0 Å². The summed E-state index contributed by atoms with van der Waals surface area (Å²) in [5.41, 5.74) is 23.1. The molecule has 0 fully saturated rings. The highest BCUT2D eigenvalue weighted by molar-refractivity contribution is 8.00. The molecule has 7 heteroatoms. The Hall–Kier alpha value is -8.12. The molecule has 4 aliphatic heterocycles. The molecule has 0 aliphatic carbocycles. The van der Waals surface area contributed by atoms with Crippen LogP contribution in [0.3, 0.4) is 0 Å². The predicted octanol–water partition coefficient (Wildman–Crippen LogP) is 10.9. The molecule has 17 rings (SSSR count). The molecule has 0 atom stereocenters. The number of aromatic nitrogens is 3. The van der Waals surface area contributed by atoms with Crippen LogP contribution in [-0.4, -0.2) is 27.1 Å². The van der Waals surface area contributed by atoms with Gasteiger partial charge in [-0.1, -0.05) is 157 Å². The van der Waals surface area contributed by atoms with Crippen molar-refractivity contribution in [2.24, 2.45) is 0 Å². The standard InChI is InChI=1S/C60H34B2N4S/c1-3-17-35(18-4-1)63-45-29-11-8-24-40(45)61-42-26-13-22-38-52-58-51(37-21-7-10-28-44(37)64(58)36-19-5-2-6-20-36)59-53(60(52)65(56(38)42)47-31-15-30-46(63)54(47)61)39-23-14-27-43-57(39)66(59)48-32-16-34-50-55(48)62(43)41-25-9-12-33-49(41)67-50/h1-34H. The SMILES string of the molecule is c1ccc(N2c3ccccc3B3c4c2cccc4-n2c4c3cccc4c3c4c(c5ccccc5n4-c4ccccc4)c4c(c5cccc6c5n4-c4cccc5c4B6c4ccccc4S5)c32)cc1. The lowest BCUT2D eigenvalue weighted by Gasteiger charge is -2.40. The summed E-state index contributed by atoms with van der Waals surface area (Å²) in [4.78, 5) is 5.18. The smallest absolute Gasteiger partial charge is 0.252 e. The van der Waals surface area contributed by atoms with Gasteiger partial charge in [-0.05, 0) is 94.0 Å². The quantitative estimate of drug-likeness (QED) is 0.161. The van der Waals surface area contributed by atoms with Gasteiger partial charge in [-0.3, -0.25) is 0 Å². The van der Waals surface area contributed by atoms with E-state index in [9.17, 15) is 0 Å². The van der Waals surface area contributed by atoms with E-state index >= 15 is 0 Å². The van der Waals surface area contributed by atoms with Crippen LogP contribution in [0.15, 0.2) is 216 Å². The van der Waals surface area contributed by atoms with Crippen molar-refractivity contribution in [1.29, 1.82) is 0 Å². The van der Waals surface area contributed by atoms with E-state index in [1.165, 1.54) is 136 Å². The molecule has 7 heterocycles. The third-order valence-electron chi connectivity index (χ3n) is 15.6. The highest BCUT2D eigenvalue weighted by atomic mass is 32.2. The number of fused-ring (bicyclic) bond motifs is 20. The summed E-state index contributed by atoms with van der Waals surface area (Å²) in [6, 6.07) is 77.7. The number of para-hydroxylation sites is 6. The van der Waals surface area contributed by atoms with Crippen LogP contribution in [0, 0.1) is 0 Å². The Morgan fingerprint density at radius 3 is 1.52 bits per heavy atom. The maximum absolute atomic E-state index is 2.70. The Morgan fingerprint density at radius 2 is 0.776 bits per heavy atom. The summed E-state index contributed by atoms with van der Waals surface area (Å²) in [6.07, 6.45) is 0. The molecule has 0 saturated heterocycles. The first kappa shape index (κ1) is 35.2. The van der Waals surface area contributed by atoms with Gasteiger partial charge in [0.05, 0.1) is 22.1 Å². The van der Waals surface area contributed by atoms with E-state index in [0.29, 0.717) is 0 Å². The fourth-order valence-electron chi connectivity index (χ4n) is 13.3. The van der Waals surface area contributed by atoms with E-state index in [-0.39, 0.29) is 13.4 Å². The highest BCUT2D eigenvalue weighted by Crippen LogP contribution is 2.52. The first-order chi connectivity index (χ1) is 33.3. The summed E-state index contributed by atoms with van der Waals surface area (Å²) < 4.78 is 7.97. The van der Waals surface area contributed by atoms with Gasteiger partial charge in [0.2, 0.25) is 6.71 Å². The second kappa shape index (κ2) is 12.4. The van der Waals surface area contributed by atoms with E-state index in [2.05, 4.69) is 225 Å². The van der Waals surface area contributed by atoms with Crippen LogP contribution >= 0.6 is 11.8 Å². The molecule has 3 aromatic heterocycles. The van der Waals surface area contributed by atoms with Gasteiger partial charge >= 0.3 is 0 Å². The Morgan fingerprint density at radius 1 is 0.299 bits per heavy atom. The first-order valence-corrected chi connectivity index (χ1v) is 24.2. The number of rotatable bonds is 2. The number of benzene rings is 10. The predicted molar refractivity (Wildman–Crippen MR) is 284 cm³/mol. The van der Waals surface area contributed by atoms with Crippen molar-refractivity contribution in [2.45, 2.75) is 9.79 Å². The molecular formula is C60H34B2N4S. The van der Waals surface area contributed by atoms with Gasteiger partial charge in [0.15, 0.2) is 0 Å². The molecule has 0 saturated carbocycles. The molecule has 0 radical (unpaired) electrons. The third kappa shape index (κ3) is 4.14. The Balaban J connectivity index is 1.15. The zero-order valence-electron chi connectivity index (χ0n) is 36.0. The van der Waals surface area contributed by atoms with E-state index in [0.717, 1.165) is 5.69 Å². The Labute approximate surface area is 390 Å². The van der Waals surface area contributed by atoms with Gasteiger partial charge in [-0.25, -0.2) is 0 Å². The topological polar surface area (TPSA) is 18.0 Å². The van der Waals surface area contributed by atoms with E-state index in [1.54, 1.807) is 0 Å². The normalized spacial score (nSPS) is 13.8. The van der Waals surface area contributed by atoms with Crippen molar-refractivity contribution >= 4 is 140 Å². The maximum atomic E-state index is 2.70. The minimum Gasteiger partial charge on any atom is -0.311 e. The van der Waals surface area contributed by atoms with Crippen LogP contribution in [0.4, 0.5) is 17.1 Å². The monoisotopic (exact) mass is 864 g/mol. The molecule has 0 N–H and O–H groups in total. The van der Waals surface area contributed by atoms with Gasteiger partial charge in [-0.15, -0.1) is 0 Å². The molecule has 0 spiro atoms. The zero-order valence-corrected chi connectivity index (χ0v) is 36.8. The van der Waals surface area contributed by atoms with E-state index in [1.807, 2.05) is 11.8 Å². The molecule has 0 bridgehead atoms. The lowest BCUT2D eigenvalue weighted by molar-refractivity contribution is 1.17. The summed E-state index contributed by atoms with van der Waals surface area (Å²) in [5, 5.41) is 7.74. The molecule has 13 aromatic rings. The van der Waals surface area contributed by atoms with Crippen molar-refractivity contribution in [3.05, 3.63) is 206 Å². The molecule has 0 unspecified atom stereocenters. The van der Waals surface area contributed by atoms with Crippen molar-refractivity contribution in [3.63, 3.8) is 0 Å². The van der Waals surface area contributed by atoms with Gasteiger partial charge in [0.1, 0.15) is 0 Å². The van der Waals surface area contributed by atoms with Crippen molar-refractivity contribution in [3.8, 4) is 17.1 Å². The summed E-state index contributed by atoms with van der Waals surface area (Å²) in [7, 11) is 0. The molecule has 67 heavy (non-hydrogen) atoms. The second-order valence-corrected chi connectivity index (χ2v) is 19.7. The first-order valence-electron chi connectivity index (χ1n) is 23.4. The van der Waals surface area contributed by atoms with Crippen LogP contribution in [-0.2, 0) is 0 Å². The summed E-state index contributed by atoms with van der Waals surface area (Å²) >= 11 is 1.92. The maximum Gasteiger partial charge on any atom is 0.252 e. The zero-order chi connectivity index (χ0) is 43.2. The fraction of sp³-hybridized carbons (Fsp3) is 0. The number of hydrogen-bond donors (Lipinski definition) is 0. The second-order valence-electron chi connectivity index (χ2n) is 18.7. The minimum atomic E-state index is 0.0501. The lowest BCUT2D eigenvalue weighted by Crippen LogP contribution is -2.60. The van der Waals surface area contributed by atoms with Crippen LogP contribution in [0.1, 0.15) is 0 Å². The Kier molecular flexibility index (Phi) is 6.51. The van der Waals surface area contributed by atoms with Crippen molar-refractivity contribution in [1.82, 2.24) is 13.7 Å². The number of anilines is 3. The summed E-state index contributed by atoms with van der Waals surface area (Å²) in [5.74, 6) is 0. The highest BCUT2D eigenvalue weighted by Gasteiger charge is 2.44. The average molecular weight is 865 g/mol. The van der Waals surface area contributed by atoms with E-state index in [4.69, 9.17) is 0 Å². The molecule has 4 aliphatic rings.